The van der Waals surface area contributed by atoms with E-state index in [1.165, 1.54) is 11.1 Å². The number of nitrogens with zero attached hydrogens (tertiary/aromatic N) is 1. The van der Waals surface area contributed by atoms with Crippen LogP contribution in [0.2, 0.25) is 0 Å². The van der Waals surface area contributed by atoms with Crippen molar-refractivity contribution in [2.75, 3.05) is 13.6 Å². The Morgan fingerprint density at radius 3 is 2.57 bits per heavy atom. The van der Waals surface area contributed by atoms with Crippen LogP contribution in [0.3, 0.4) is 0 Å². The molecule has 0 aliphatic carbocycles. The fraction of sp³-hybridized carbons (Fsp3) is 0.588. The number of aliphatic hydroxyl groups is 1. The summed E-state index contributed by atoms with van der Waals surface area (Å²) in [5.74, 6) is 0. The van der Waals surface area contributed by atoms with Gasteiger partial charge in [-0.3, -0.25) is 0 Å². The lowest BCUT2D eigenvalue weighted by atomic mass is 10.00. The number of carbonyl (C=O) groups is 1. The molecule has 4 heteroatoms. The van der Waals surface area contributed by atoms with Gasteiger partial charge in [-0.2, -0.15) is 0 Å². The number of benzene rings is 1. The van der Waals surface area contributed by atoms with E-state index < -0.39 is 5.60 Å². The molecule has 2 N–H and O–H groups in total. The van der Waals surface area contributed by atoms with Gasteiger partial charge >= 0.3 is 6.03 Å². The van der Waals surface area contributed by atoms with E-state index in [9.17, 15) is 9.90 Å². The maximum Gasteiger partial charge on any atom is 0.317 e. The lowest BCUT2D eigenvalue weighted by Crippen LogP contribution is -2.40. The van der Waals surface area contributed by atoms with Gasteiger partial charge in [-0.05, 0) is 52.2 Å². The molecule has 0 spiro atoms. The van der Waals surface area contributed by atoms with Gasteiger partial charge in [0.2, 0.25) is 0 Å². The zero-order valence-corrected chi connectivity index (χ0v) is 14.0. The summed E-state index contributed by atoms with van der Waals surface area (Å²) < 4.78 is 0. The Labute approximate surface area is 128 Å². The quantitative estimate of drug-likeness (QED) is 0.876. The van der Waals surface area contributed by atoms with Gasteiger partial charge in [-0.25, -0.2) is 4.79 Å². The normalized spacial score (nSPS) is 12.9. The number of nitrogens with one attached hydrogen (secondary N) is 1. The summed E-state index contributed by atoms with van der Waals surface area (Å²) in [4.78, 5) is 13.8. The Balaban J connectivity index is 2.63. The number of aryl methyl sites for hydroxylation is 2. The molecule has 1 rings (SSSR count). The first-order valence-electron chi connectivity index (χ1n) is 7.41. The van der Waals surface area contributed by atoms with E-state index >= 15 is 0 Å². The molecule has 21 heavy (non-hydrogen) atoms. The van der Waals surface area contributed by atoms with Crippen LogP contribution in [0.4, 0.5) is 4.79 Å². The van der Waals surface area contributed by atoms with Crippen molar-refractivity contribution in [1.82, 2.24) is 10.2 Å². The van der Waals surface area contributed by atoms with Crippen LogP contribution >= 0.6 is 0 Å². The highest BCUT2D eigenvalue weighted by Gasteiger charge is 2.18. The number of amides is 2. The van der Waals surface area contributed by atoms with E-state index in [4.69, 9.17) is 0 Å². The van der Waals surface area contributed by atoms with E-state index in [1.54, 1.807) is 25.8 Å². The zero-order chi connectivity index (χ0) is 16.2. The number of hydrogen-bond acceptors (Lipinski definition) is 2. The molecule has 0 radical (unpaired) electrons. The van der Waals surface area contributed by atoms with Crippen molar-refractivity contribution in [2.45, 2.75) is 52.7 Å². The molecule has 1 atom stereocenters. The molecule has 0 heterocycles. The Bertz CT molecular complexity index is 492. The minimum absolute atomic E-state index is 0.0398. The van der Waals surface area contributed by atoms with E-state index in [2.05, 4.69) is 30.4 Å². The second kappa shape index (κ2) is 6.94. The van der Waals surface area contributed by atoms with Gasteiger partial charge in [0.25, 0.3) is 0 Å². The molecular weight excluding hydrogens is 264 g/mol. The molecule has 0 aliphatic heterocycles. The summed E-state index contributed by atoms with van der Waals surface area (Å²) in [6, 6.07) is 6.10. The molecule has 2 amide bonds. The van der Waals surface area contributed by atoms with Crippen LogP contribution in [0.5, 0.6) is 0 Å². The van der Waals surface area contributed by atoms with Crippen molar-refractivity contribution in [3.8, 4) is 0 Å². The van der Waals surface area contributed by atoms with E-state index in [1.807, 2.05) is 13.8 Å². The van der Waals surface area contributed by atoms with Crippen LogP contribution in [0.15, 0.2) is 18.2 Å². The van der Waals surface area contributed by atoms with Crippen molar-refractivity contribution in [2.24, 2.45) is 0 Å². The van der Waals surface area contributed by atoms with Crippen LogP contribution in [0.1, 0.15) is 49.9 Å². The summed E-state index contributed by atoms with van der Waals surface area (Å²) in [5.41, 5.74) is 2.74. The molecule has 0 fully saturated rings. The molecule has 0 bridgehead atoms. The molecule has 1 unspecified atom stereocenters. The first-order valence-corrected chi connectivity index (χ1v) is 7.41. The van der Waals surface area contributed by atoms with E-state index in [0.29, 0.717) is 13.0 Å². The SMILES string of the molecule is Cc1ccc(C)c(C(C)NC(=O)N(C)CCC(C)(C)O)c1. The second-order valence-corrected chi connectivity index (χ2v) is 6.52. The molecule has 0 saturated heterocycles. The Morgan fingerprint density at radius 2 is 2.00 bits per heavy atom. The van der Waals surface area contributed by atoms with Gasteiger partial charge in [0.15, 0.2) is 0 Å². The smallest absolute Gasteiger partial charge is 0.317 e. The molecule has 118 valence electrons. The highest BCUT2D eigenvalue weighted by atomic mass is 16.3. The molecule has 1 aromatic carbocycles. The fourth-order valence-corrected chi connectivity index (χ4v) is 2.14. The standard InChI is InChI=1S/C17H28N2O2/c1-12-7-8-13(2)15(11-12)14(3)18-16(20)19(6)10-9-17(4,5)21/h7-8,11,14,21H,9-10H2,1-6H3,(H,18,20). The number of urea groups is 1. The number of hydrogen-bond donors (Lipinski definition) is 2. The molecular formula is C17H28N2O2. The number of rotatable bonds is 5. The van der Waals surface area contributed by atoms with Crippen LogP contribution in [0.25, 0.3) is 0 Å². The molecule has 0 saturated carbocycles. The largest absolute Gasteiger partial charge is 0.390 e. The summed E-state index contributed by atoms with van der Waals surface area (Å²) in [6.07, 6.45) is 0.550. The highest BCUT2D eigenvalue weighted by molar-refractivity contribution is 5.74. The zero-order valence-electron chi connectivity index (χ0n) is 14.0. The monoisotopic (exact) mass is 292 g/mol. The van der Waals surface area contributed by atoms with E-state index in [0.717, 1.165) is 5.56 Å². The topological polar surface area (TPSA) is 52.6 Å². The van der Waals surface area contributed by atoms with Crippen LogP contribution in [0, 0.1) is 13.8 Å². The van der Waals surface area contributed by atoms with Gasteiger partial charge in [0, 0.05) is 13.6 Å². The lowest BCUT2D eigenvalue weighted by Gasteiger charge is -2.25. The summed E-state index contributed by atoms with van der Waals surface area (Å²) >= 11 is 0. The second-order valence-electron chi connectivity index (χ2n) is 6.52. The summed E-state index contributed by atoms with van der Waals surface area (Å²) in [7, 11) is 1.75. The van der Waals surface area contributed by atoms with Gasteiger partial charge in [0.05, 0.1) is 11.6 Å². The van der Waals surface area contributed by atoms with Crippen molar-refractivity contribution in [3.05, 3.63) is 34.9 Å². The highest BCUT2D eigenvalue weighted by Crippen LogP contribution is 2.19. The maximum absolute atomic E-state index is 12.2. The third kappa shape index (κ3) is 5.76. The predicted octanol–water partition coefficient (Wildman–Crippen LogP) is 3.17. The third-order valence-electron chi connectivity index (χ3n) is 3.65. The minimum atomic E-state index is -0.757. The van der Waals surface area contributed by atoms with Gasteiger partial charge in [0.1, 0.15) is 0 Å². The number of carbonyl (C=O) groups excluding carboxylic acids is 1. The van der Waals surface area contributed by atoms with Crippen LogP contribution in [-0.2, 0) is 0 Å². The van der Waals surface area contributed by atoms with Crippen molar-refractivity contribution < 1.29 is 9.90 Å². The molecule has 1 aromatic rings. The van der Waals surface area contributed by atoms with Crippen molar-refractivity contribution >= 4 is 6.03 Å². The Hall–Kier alpha value is -1.55. The van der Waals surface area contributed by atoms with Crippen molar-refractivity contribution in [1.29, 1.82) is 0 Å². The molecule has 0 aromatic heterocycles. The van der Waals surface area contributed by atoms with Crippen molar-refractivity contribution in [3.63, 3.8) is 0 Å². The van der Waals surface area contributed by atoms with Gasteiger partial charge in [-0.1, -0.05) is 23.8 Å². The Kier molecular flexibility index (Phi) is 5.78. The maximum atomic E-state index is 12.2. The first-order chi connectivity index (χ1) is 9.60. The summed E-state index contributed by atoms with van der Waals surface area (Å²) in [5, 5.41) is 12.7. The average molecular weight is 292 g/mol. The third-order valence-corrected chi connectivity index (χ3v) is 3.65. The van der Waals surface area contributed by atoms with Gasteiger partial charge < -0.3 is 15.3 Å². The molecule has 4 nitrogen and oxygen atoms in total. The van der Waals surface area contributed by atoms with Gasteiger partial charge in [-0.15, -0.1) is 0 Å². The fourth-order valence-electron chi connectivity index (χ4n) is 2.14. The van der Waals surface area contributed by atoms with E-state index in [-0.39, 0.29) is 12.1 Å². The van der Waals surface area contributed by atoms with Crippen LogP contribution in [-0.4, -0.2) is 35.2 Å². The average Bonchev–Trinajstić information content (AvgIpc) is 2.37. The molecule has 0 aliphatic rings. The summed E-state index contributed by atoms with van der Waals surface area (Å²) in [6.45, 7) is 10.1. The minimum Gasteiger partial charge on any atom is -0.390 e. The predicted molar refractivity (Wildman–Crippen MR) is 86.4 cm³/mol. The first kappa shape index (κ1) is 17.5. The van der Waals surface area contributed by atoms with Crippen LogP contribution < -0.4 is 5.32 Å². The Morgan fingerprint density at radius 1 is 1.38 bits per heavy atom. The lowest BCUT2D eigenvalue weighted by molar-refractivity contribution is 0.0636.